The number of anilines is 1. The maximum absolute atomic E-state index is 11.7. The maximum Gasteiger partial charge on any atom is 0.305 e. The van der Waals surface area contributed by atoms with Crippen molar-refractivity contribution in [3.8, 4) is 0 Å². The maximum atomic E-state index is 11.7. The Hall–Kier alpha value is -2.82. The number of hydrogen-bond acceptors (Lipinski definition) is 5. The first kappa shape index (κ1) is 21.5. The zero-order chi connectivity index (χ0) is 20.2. The lowest BCUT2D eigenvalue weighted by atomic mass is 10.1. The molecule has 28 heavy (non-hydrogen) atoms. The number of nitrogen functional groups attached to an aromatic ring is 1. The fraction of sp³-hybridized carbons (Fsp3) is 0.391. The van der Waals surface area contributed by atoms with E-state index in [1.807, 2.05) is 55.5 Å². The number of nitrogens with two attached hydrogens (primary N) is 1. The third kappa shape index (κ3) is 8.71. The molecule has 0 aliphatic heterocycles. The van der Waals surface area contributed by atoms with Crippen LogP contribution in [0.1, 0.15) is 42.4 Å². The molecule has 0 saturated heterocycles. The van der Waals surface area contributed by atoms with Gasteiger partial charge in [-0.3, -0.25) is 9.59 Å². The number of hydrogen-bond donors (Lipinski definition) is 1. The number of carbonyl (C=O) groups is 2. The lowest BCUT2D eigenvalue weighted by Gasteiger charge is -2.06. The van der Waals surface area contributed by atoms with Gasteiger partial charge in [0.2, 0.25) is 0 Å². The van der Waals surface area contributed by atoms with Gasteiger partial charge in [0.15, 0.2) is 0 Å². The number of esters is 2. The molecule has 2 aromatic carbocycles. The largest absolute Gasteiger partial charge is 0.465 e. The summed E-state index contributed by atoms with van der Waals surface area (Å²) in [6, 6.07) is 15.7. The molecule has 5 heteroatoms. The molecule has 5 nitrogen and oxygen atoms in total. The van der Waals surface area contributed by atoms with Gasteiger partial charge in [0.1, 0.15) is 0 Å². The van der Waals surface area contributed by atoms with E-state index in [-0.39, 0.29) is 11.9 Å². The molecule has 0 spiro atoms. The summed E-state index contributed by atoms with van der Waals surface area (Å²) in [7, 11) is 0. The molecule has 0 bridgehead atoms. The van der Waals surface area contributed by atoms with E-state index >= 15 is 0 Å². The summed E-state index contributed by atoms with van der Waals surface area (Å²) < 4.78 is 10.5. The molecule has 0 unspecified atom stereocenters. The second-order valence-corrected chi connectivity index (χ2v) is 6.88. The minimum Gasteiger partial charge on any atom is -0.465 e. The number of rotatable bonds is 11. The Morgan fingerprint density at radius 2 is 1.18 bits per heavy atom. The Morgan fingerprint density at radius 3 is 1.64 bits per heavy atom. The van der Waals surface area contributed by atoms with Gasteiger partial charge in [-0.05, 0) is 43.0 Å². The number of carbonyl (C=O) groups excluding carboxylic acids is 2. The lowest BCUT2D eigenvalue weighted by Crippen LogP contribution is -2.09. The quantitative estimate of drug-likeness (QED) is 0.360. The van der Waals surface area contributed by atoms with Crippen LogP contribution in [0, 0.1) is 6.92 Å². The minimum atomic E-state index is -0.233. The molecular formula is C23H29NO4. The molecule has 0 heterocycles. The topological polar surface area (TPSA) is 78.6 Å². The van der Waals surface area contributed by atoms with Crippen molar-refractivity contribution in [2.45, 2.75) is 45.4 Å². The van der Waals surface area contributed by atoms with Crippen LogP contribution in [0.2, 0.25) is 0 Å². The van der Waals surface area contributed by atoms with Crippen molar-refractivity contribution in [3.05, 3.63) is 65.2 Å². The van der Waals surface area contributed by atoms with Crippen LogP contribution in [0.25, 0.3) is 0 Å². The molecule has 2 N–H and O–H groups in total. The third-order valence-corrected chi connectivity index (χ3v) is 4.42. The molecule has 0 amide bonds. The predicted octanol–water partition coefficient (Wildman–Crippen LogP) is 4.01. The number of ether oxygens (including phenoxy) is 2. The van der Waals surface area contributed by atoms with Gasteiger partial charge in [-0.25, -0.2) is 0 Å². The van der Waals surface area contributed by atoms with E-state index in [4.69, 9.17) is 15.2 Å². The average Bonchev–Trinajstić information content (AvgIpc) is 2.68. The standard InChI is InChI=1S/C23H29NO4/c1-18-6-8-19(9-7-18)14-16-27-22(25)4-2-3-5-23(26)28-17-15-20-10-12-21(24)13-11-20/h6-13H,2-5,14-17,24H2,1H3. The van der Waals surface area contributed by atoms with Crippen LogP contribution >= 0.6 is 0 Å². The van der Waals surface area contributed by atoms with E-state index in [1.54, 1.807) is 0 Å². The van der Waals surface area contributed by atoms with Crippen molar-refractivity contribution in [1.29, 1.82) is 0 Å². The van der Waals surface area contributed by atoms with E-state index in [0.717, 1.165) is 16.8 Å². The van der Waals surface area contributed by atoms with Gasteiger partial charge in [-0.2, -0.15) is 0 Å². The highest BCUT2D eigenvalue weighted by Gasteiger charge is 2.06. The molecule has 150 valence electrons. The average molecular weight is 383 g/mol. The summed E-state index contributed by atoms with van der Waals surface area (Å²) in [5.74, 6) is -0.452. The van der Waals surface area contributed by atoms with Crippen LogP contribution in [-0.2, 0) is 31.9 Å². The molecule has 0 aliphatic carbocycles. The van der Waals surface area contributed by atoms with Crippen LogP contribution in [0.5, 0.6) is 0 Å². The molecule has 0 aromatic heterocycles. The fourth-order valence-electron chi connectivity index (χ4n) is 2.69. The van der Waals surface area contributed by atoms with Crippen LogP contribution in [-0.4, -0.2) is 25.2 Å². The van der Waals surface area contributed by atoms with E-state index in [1.165, 1.54) is 5.56 Å². The highest BCUT2D eigenvalue weighted by Crippen LogP contribution is 2.08. The highest BCUT2D eigenvalue weighted by atomic mass is 16.5. The first-order chi connectivity index (χ1) is 13.5. The van der Waals surface area contributed by atoms with Gasteiger partial charge < -0.3 is 15.2 Å². The van der Waals surface area contributed by atoms with Gasteiger partial charge in [0, 0.05) is 31.4 Å². The molecule has 2 aromatic rings. The molecule has 2 rings (SSSR count). The Balaban J connectivity index is 1.48. The summed E-state index contributed by atoms with van der Waals surface area (Å²) in [5.41, 5.74) is 9.79. The molecular weight excluding hydrogens is 354 g/mol. The normalized spacial score (nSPS) is 10.5. The zero-order valence-electron chi connectivity index (χ0n) is 16.5. The van der Waals surface area contributed by atoms with Crippen molar-refractivity contribution in [1.82, 2.24) is 0 Å². The van der Waals surface area contributed by atoms with E-state index in [2.05, 4.69) is 0 Å². The minimum absolute atomic E-state index is 0.219. The second kappa shape index (κ2) is 11.8. The van der Waals surface area contributed by atoms with Gasteiger partial charge >= 0.3 is 11.9 Å². The highest BCUT2D eigenvalue weighted by molar-refractivity contribution is 5.70. The van der Waals surface area contributed by atoms with Crippen LogP contribution < -0.4 is 5.73 Å². The SMILES string of the molecule is Cc1ccc(CCOC(=O)CCCCC(=O)OCCc2ccc(N)cc2)cc1. The van der Waals surface area contributed by atoms with Gasteiger partial charge in [-0.15, -0.1) is 0 Å². The van der Waals surface area contributed by atoms with E-state index in [9.17, 15) is 9.59 Å². The number of unbranched alkanes of at least 4 members (excludes halogenated alkanes) is 1. The third-order valence-electron chi connectivity index (χ3n) is 4.42. The summed E-state index contributed by atoms with van der Waals surface area (Å²) in [6.07, 6.45) is 3.26. The van der Waals surface area contributed by atoms with Crippen molar-refractivity contribution in [2.24, 2.45) is 0 Å². The summed E-state index contributed by atoms with van der Waals surface area (Å²) in [4.78, 5) is 23.5. The van der Waals surface area contributed by atoms with Crippen molar-refractivity contribution < 1.29 is 19.1 Å². The van der Waals surface area contributed by atoms with E-state index in [0.29, 0.717) is 51.7 Å². The first-order valence-electron chi connectivity index (χ1n) is 9.74. The molecule has 0 fully saturated rings. The van der Waals surface area contributed by atoms with Crippen LogP contribution in [0.3, 0.4) is 0 Å². The number of benzene rings is 2. The Kier molecular flexibility index (Phi) is 9.05. The molecule has 0 atom stereocenters. The van der Waals surface area contributed by atoms with Crippen molar-refractivity contribution in [3.63, 3.8) is 0 Å². The monoisotopic (exact) mass is 383 g/mol. The first-order valence-corrected chi connectivity index (χ1v) is 9.74. The van der Waals surface area contributed by atoms with Crippen molar-refractivity contribution >= 4 is 17.6 Å². The van der Waals surface area contributed by atoms with Crippen LogP contribution in [0.15, 0.2) is 48.5 Å². The fourth-order valence-corrected chi connectivity index (χ4v) is 2.69. The van der Waals surface area contributed by atoms with Crippen LogP contribution in [0.4, 0.5) is 5.69 Å². The Morgan fingerprint density at radius 1 is 0.750 bits per heavy atom. The lowest BCUT2D eigenvalue weighted by molar-refractivity contribution is -0.145. The van der Waals surface area contributed by atoms with E-state index < -0.39 is 0 Å². The summed E-state index contributed by atoms with van der Waals surface area (Å²) in [5, 5.41) is 0. The Labute approximate surface area is 166 Å². The smallest absolute Gasteiger partial charge is 0.305 e. The second-order valence-electron chi connectivity index (χ2n) is 6.88. The summed E-state index contributed by atoms with van der Waals surface area (Å²) >= 11 is 0. The van der Waals surface area contributed by atoms with Gasteiger partial charge in [-0.1, -0.05) is 42.0 Å². The van der Waals surface area contributed by atoms with Crippen molar-refractivity contribution in [2.75, 3.05) is 18.9 Å². The molecule has 0 aliphatic rings. The molecule has 0 radical (unpaired) electrons. The number of aryl methyl sites for hydroxylation is 1. The predicted molar refractivity (Wildman–Crippen MR) is 110 cm³/mol. The summed E-state index contributed by atoms with van der Waals surface area (Å²) in [6.45, 7) is 2.78. The van der Waals surface area contributed by atoms with Gasteiger partial charge in [0.05, 0.1) is 13.2 Å². The Bertz CT molecular complexity index is 673. The molecule has 0 saturated carbocycles. The van der Waals surface area contributed by atoms with Gasteiger partial charge in [0.25, 0.3) is 0 Å². The zero-order valence-corrected chi connectivity index (χ0v) is 16.5.